The molecular formula is C20H26N8O2. The van der Waals surface area contributed by atoms with E-state index in [9.17, 15) is 4.79 Å². The standard InChI is InChI=1S/C20H26N8O2/c1-20(2,3)30-19(29)27-8-6-16(13-27)28-11-14(9-23-28)17-5-7-21-18(25-17)24-15-10-22-26(4)12-15/h5,7,9-12,16H,6,8,13H2,1-4H3,(H,21,24,25). The molecule has 30 heavy (non-hydrogen) atoms. The first kappa shape index (κ1) is 19.9. The quantitative estimate of drug-likeness (QED) is 0.705. The number of rotatable bonds is 4. The summed E-state index contributed by atoms with van der Waals surface area (Å²) < 4.78 is 9.08. The molecule has 10 heteroatoms. The summed E-state index contributed by atoms with van der Waals surface area (Å²) in [7, 11) is 1.85. The fourth-order valence-electron chi connectivity index (χ4n) is 3.31. The molecule has 3 aromatic rings. The Bertz CT molecular complexity index is 1040. The van der Waals surface area contributed by atoms with Gasteiger partial charge in [0.1, 0.15) is 5.60 Å². The predicted molar refractivity (Wildman–Crippen MR) is 111 cm³/mol. The molecule has 3 aromatic heterocycles. The smallest absolute Gasteiger partial charge is 0.410 e. The minimum absolute atomic E-state index is 0.112. The van der Waals surface area contributed by atoms with Crippen molar-refractivity contribution < 1.29 is 9.53 Å². The third-order valence-electron chi connectivity index (χ3n) is 4.70. The van der Waals surface area contributed by atoms with E-state index in [1.807, 2.05) is 51.0 Å². The Balaban J connectivity index is 1.43. The molecule has 0 saturated carbocycles. The van der Waals surface area contributed by atoms with Crippen LogP contribution in [0.4, 0.5) is 16.4 Å². The second kappa shape index (κ2) is 7.77. The van der Waals surface area contributed by atoms with Gasteiger partial charge in [0.15, 0.2) is 0 Å². The van der Waals surface area contributed by atoms with Crippen LogP contribution < -0.4 is 5.32 Å². The van der Waals surface area contributed by atoms with E-state index < -0.39 is 5.60 Å². The number of anilines is 2. The van der Waals surface area contributed by atoms with E-state index in [4.69, 9.17) is 4.74 Å². The predicted octanol–water partition coefficient (Wildman–Crippen LogP) is 3.00. The second-order valence-corrected chi connectivity index (χ2v) is 8.37. The Labute approximate surface area is 174 Å². The van der Waals surface area contributed by atoms with E-state index >= 15 is 0 Å². The van der Waals surface area contributed by atoms with Gasteiger partial charge in [0.05, 0.1) is 29.8 Å². The molecule has 1 saturated heterocycles. The summed E-state index contributed by atoms with van der Waals surface area (Å²) in [5.74, 6) is 0.491. The Morgan fingerprint density at radius 2 is 2.07 bits per heavy atom. The Morgan fingerprint density at radius 1 is 1.23 bits per heavy atom. The molecule has 0 radical (unpaired) electrons. The number of aryl methyl sites for hydroxylation is 1. The van der Waals surface area contributed by atoms with Crippen molar-refractivity contribution in [1.29, 1.82) is 0 Å². The summed E-state index contributed by atoms with van der Waals surface area (Å²) in [5.41, 5.74) is 1.98. The Hall–Kier alpha value is -3.43. The van der Waals surface area contributed by atoms with Crippen LogP contribution in [0.15, 0.2) is 37.1 Å². The normalized spacial score (nSPS) is 16.7. The van der Waals surface area contributed by atoms with Gasteiger partial charge in [0.25, 0.3) is 0 Å². The van der Waals surface area contributed by atoms with Crippen LogP contribution in [0.2, 0.25) is 0 Å². The Kier molecular flexibility index (Phi) is 5.15. The van der Waals surface area contributed by atoms with E-state index in [0.717, 1.165) is 23.4 Å². The summed E-state index contributed by atoms with van der Waals surface area (Å²) in [6, 6.07) is 1.96. The maximum atomic E-state index is 12.3. The fourth-order valence-corrected chi connectivity index (χ4v) is 3.31. The molecule has 1 aliphatic heterocycles. The molecule has 0 aromatic carbocycles. The van der Waals surface area contributed by atoms with Crippen LogP contribution in [-0.2, 0) is 11.8 Å². The van der Waals surface area contributed by atoms with Gasteiger partial charge in [-0.25, -0.2) is 14.8 Å². The molecule has 1 fully saturated rings. The zero-order valence-corrected chi connectivity index (χ0v) is 17.6. The molecule has 0 bridgehead atoms. The summed E-state index contributed by atoms with van der Waals surface area (Å²) in [6.45, 7) is 6.85. The number of likely N-dealkylation sites (tertiary alicyclic amines) is 1. The summed E-state index contributed by atoms with van der Waals surface area (Å²) in [4.78, 5) is 22.9. The highest BCUT2D eigenvalue weighted by atomic mass is 16.6. The number of amides is 1. The van der Waals surface area contributed by atoms with Crippen LogP contribution in [-0.4, -0.2) is 59.2 Å². The number of nitrogens with zero attached hydrogens (tertiary/aromatic N) is 7. The summed E-state index contributed by atoms with van der Waals surface area (Å²) in [5, 5.41) is 11.8. The van der Waals surface area contributed by atoms with Gasteiger partial charge in [-0.05, 0) is 33.3 Å². The highest BCUT2D eigenvalue weighted by Gasteiger charge is 2.31. The van der Waals surface area contributed by atoms with E-state index in [0.29, 0.717) is 19.0 Å². The average molecular weight is 410 g/mol. The molecular weight excluding hydrogens is 384 g/mol. The zero-order valence-electron chi connectivity index (χ0n) is 17.6. The molecule has 0 aliphatic carbocycles. The lowest BCUT2D eigenvalue weighted by molar-refractivity contribution is 0.0288. The van der Waals surface area contributed by atoms with Gasteiger partial charge in [-0.3, -0.25) is 9.36 Å². The fraction of sp³-hybridized carbons (Fsp3) is 0.450. The number of hydrogen-bond donors (Lipinski definition) is 1. The maximum absolute atomic E-state index is 12.3. The van der Waals surface area contributed by atoms with E-state index in [1.165, 1.54) is 0 Å². The van der Waals surface area contributed by atoms with Gasteiger partial charge < -0.3 is 15.0 Å². The van der Waals surface area contributed by atoms with Crippen LogP contribution in [0.25, 0.3) is 11.3 Å². The van der Waals surface area contributed by atoms with Crippen molar-refractivity contribution in [3.05, 3.63) is 37.1 Å². The highest BCUT2D eigenvalue weighted by Crippen LogP contribution is 2.26. The lowest BCUT2D eigenvalue weighted by Crippen LogP contribution is -2.35. The minimum Gasteiger partial charge on any atom is -0.444 e. The number of carbonyl (C=O) groups excluding carboxylic acids is 1. The number of ether oxygens (including phenoxy) is 1. The Morgan fingerprint density at radius 3 is 2.80 bits per heavy atom. The van der Waals surface area contributed by atoms with Gasteiger partial charge in [-0.1, -0.05) is 0 Å². The lowest BCUT2D eigenvalue weighted by Gasteiger charge is -2.24. The zero-order chi connectivity index (χ0) is 21.3. The van der Waals surface area contributed by atoms with Crippen molar-refractivity contribution in [3.63, 3.8) is 0 Å². The number of carbonyl (C=O) groups is 1. The molecule has 10 nitrogen and oxygen atoms in total. The van der Waals surface area contributed by atoms with Crippen LogP contribution in [0, 0.1) is 0 Å². The average Bonchev–Trinajstić information content (AvgIpc) is 3.41. The first-order valence-electron chi connectivity index (χ1n) is 9.88. The van der Waals surface area contributed by atoms with Crippen molar-refractivity contribution in [2.75, 3.05) is 18.4 Å². The highest BCUT2D eigenvalue weighted by molar-refractivity contribution is 5.68. The first-order valence-corrected chi connectivity index (χ1v) is 9.88. The second-order valence-electron chi connectivity index (χ2n) is 8.37. The molecule has 4 heterocycles. The van der Waals surface area contributed by atoms with Gasteiger partial charge in [-0.15, -0.1) is 0 Å². The SMILES string of the molecule is Cn1cc(Nc2nccc(-c3cnn(C4CCN(C(=O)OC(C)(C)C)C4)c3)n2)cn1. The van der Waals surface area contributed by atoms with Gasteiger partial charge >= 0.3 is 6.09 Å². The topological polar surface area (TPSA) is 103 Å². The van der Waals surface area contributed by atoms with E-state index in [-0.39, 0.29) is 12.1 Å². The van der Waals surface area contributed by atoms with E-state index in [2.05, 4.69) is 25.5 Å². The molecule has 1 unspecified atom stereocenters. The van der Waals surface area contributed by atoms with Crippen LogP contribution in [0.3, 0.4) is 0 Å². The maximum Gasteiger partial charge on any atom is 0.410 e. The van der Waals surface area contributed by atoms with E-state index in [1.54, 1.807) is 28.2 Å². The minimum atomic E-state index is -0.497. The van der Waals surface area contributed by atoms with Gasteiger partial charge in [0, 0.05) is 44.3 Å². The largest absolute Gasteiger partial charge is 0.444 e. The van der Waals surface area contributed by atoms with Crippen molar-refractivity contribution in [3.8, 4) is 11.3 Å². The van der Waals surface area contributed by atoms with Gasteiger partial charge in [-0.2, -0.15) is 10.2 Å². The molecule has 158 valence electrons. The first-order chi connectivity index (χ1) is 14.3. The molecule has 1 atom stereocenters. The lowest BCUT2D eigenvalue weighted by atomic mass is 10.2. The third kappa shape index (κ3) is 4.58. The van der Waals surface area contributed by atoms with Crippen molar-refractivity contribution in [1.82, 2.24) is 34.4 Å². The number of hydrogen-bond acceptors (Lipinski definition) is 7. The molecule has 4 rings (SSSR count). The number of nitrogens with one attached hydrogen (secondary N) is 1. The van der Waals surface area contributed by atoms with Gasteiger partial charge in [0.2, 0.25) is 5.95 Å². The summed E-state index contributed by atoms with van der Waals surface area (Å²) >= 11 is 0. The number of aromatic nitrogens is 6. The molecule has 1 aliphatic rings. The van der Waals surface area contributed by atoms with Crippen molar-refractivity contribution >= 4 is 17.7 Å². The summed E-state index contributed by atoms with van der Waals surface area (Å²) in [6.07, 6.45) is 9.57. The molecule has 1 amide bonds. The van der Waals surface area contributed by atoms with Crippen LogP contribution in [0.5, 0.6) is 0 Å². The van der Waals surface area contributed by atoms with Crippen molar-refractivity contribution in [2.45, 2.75) is 38.8 Å². The van der Waals surface area contributed by atoms with Crippen LogP contribution in [0.1, 0.15) is 33.2 Å². The van der Waals surface area contributed by atoms with Crippen LogP contribution >= 0.6 is 0 Å². The van der Waals surface area contributed by atoms with Crippen molar-refractivity contribution in [2.24, 2.45) is 7.05 Å². The monoisotopic (exact) mass is 410 g/mol. The molecule has 0 spiro atoms. The third-order valence-corrected chi connectivity index (χ3v) is 4.70. The molecule has 1 N–H and O–H groups in total.